The van der Waals surface area contributed by atoms with Crippen LogP contribution in [-0.2, 0) is 28.5 Å². The van der Waals surface area contributed by atoms with Crippen LogP contribution in [0.25, 0.3) is 0 Å². The van der Waals surface area contributed by atoms with E-state index in [0.717, 1.165) is 23.1 Å². The fourth-order valence-corrected chi connectivity index (χ4v) is 3.46. The van der Waals surface area contributed by atoms with Crippen molar-refractivity contribution in [2.75, 3.05) is 7.11 Å². The van der Waals surface area contributed by atoms with E-state index in [1.54, 1.807) is 12.1 Å². The minimum absolute atomic E-state index is 0.0926. The topological polar surface area (TPSA) is 86.0 Å². The lowest BCUT2D eigenvalue weighted by Crippen LogP contribution is -2.34. The molecule has 0 saturated heterocycles. The van der Waals surface area contributed by atoms with Crippen LogP contribution in [0.4, 0.5) is 13.2 Å². The zero-order chi connectivity index (χ0) is 23.5. The normalized spacial score (nSPS) is 17.6. The van der Waals surface area contributed by atoms with Crippen LogP contribution in [0.3, 0.4) is 0 Å². The highest BCUT2D eigenvalue weighted by Crippen LogP contribution is 2.43. The molecule has 32 heavy (non-hydrogen) atoms. The molecule has 2 N–H and O–H groups in total. The summed E-state index contributed by atoms with van der Waals surface area (Å²) in [7, 11) is 1.34. The Labute approximate surface area is 184 Å². The van der Waals surface area contributed by atoms with Gasteiger partial charge in [0.05, 0.1) is 11.6 Å². The first kappa shape index (κ1) is 24.5. The van der Waals surface area contributed by atoms with Crippen molar-refractivity contribution in [1.82, 2.24) is 9.78 Å². The van der Waals surface area contributed by atoms with Gasteiger partial charge < -0.3 is 19.7 Å². The van der Waals surface area contributed by atoms with Crippen LogP contribution < -0.4 is 4.74 Å². The van der Waals surface area contributed by atoms with Gasteiger partial charge in [0.1, 0.15) is 11.8 Å². The number of aryl methyl sites for hydroxylation is 1. The number of benzene rings is 1. The van der Waals surface area contributed by atoms with E-state index in [-0.39, 0.29) is 23.9 Å². The molecule has 3 atom stereocenters. The summed E-state index contributed by atoms with van der Waals surface area (Å²) in [5.74, 6) is -0.381. The second-order valence-electron chi connectivity index (χ2n) is 7.90. The first-order valence-electron chi connectivity index (χ1n) is 10.6. The van der Waals surface area contributed by atoms with Crippen LogP contribution in [0.5, 0.6) is 5.88 Å². The summed E-state index contributed by atoms with van der Waals surface area (Å²) in [5, 5.41) is 24.0. The number of aliphatic hydroxyl groups excluding tert-OH is 2. The molecular formula is C22H29F3N2O5. The summed E-state index contributed by atoms with van der Waals surface area (Å²) in [4.78, 5) is 0. The van der Waals surface area contributed by atoms with E-state index >= 15 is 0 Å². The molecular weight excluding hydrogens is 429 g/mol. The second-order valence-corrected chi connectivity index (χ2v) is 7.90. The highest BCUT2D eigenvalue weighted by Gasteiger charge is 2.43. The molecule has 178 valence electrons. The number of hydrogen-bond acceptors (Lipinski definition) is 6. The molecule has 7 nitrogen and oxygen atoms in total. The predicted molar refractivity (Wildman–Crippen MR) is 109 cm³/mol. The molecule has 0 radical (unpaired) electrons. The van der Waals surface area contributed by atoms with Crippen LogP contribution in [0.1, 0.15) is 61.5 Å². The Balaban J connectivity index is 1.95. The van der Waals surface area contributed by atoms with Gasteiger partial charge in [-0.2, -0.15) is 13.2 Å². The van der Waals surface area contributed by atoms with Crippen LogP contribution in [0, 0.1) is 0 Å². The summed E-state index contributed by atoms with van der Waals surface area (Å²) in [6.07, 6.45) is -4.30. The Hall–Kier alpha value is -2.14. The van der Waals surface area contributed by atoms with Gasteiger partial charge >= 0.3 is 12.7 Å². The van der Waals surface area contributed by atoms with E-state index in [1.807, 2.05) is 19.1 Å². The molecule has 3 unspecified atom stereocenters. The number of ether oxygens (including phenoxy) is 3. The van der Waals surface area contributed by atoms with E-state index in [9.17, 15) is 23.4 Å². The molecule has 1 heterocycles. The van der Waals surface area contributed by atoms with Gasteiger partial charge in [0, 0.05) is 13.5 Å². The Morgan fingerprint density at radius 3 is 2.28 bits per heavy atom. The molecule has 3 rings (SSSR count). The maximum absolute atomic E-state index is 14.1. The monoisotopic (exact) mass is 458 g/mol. The third kappa shape index (κ3) is 5.61. The first-order valence-corrected chi connectivity index (χ1v) is 10.6. The van der Waals surface area contributed by atoms with Crippen molar-refractivity contribution >= 4 is 0 Å². The third-order valence-corrected chi connectivity index (χ3v) is 5.71. The van der Waals surface area contributed by atoms with Gasteiger partial charge in [-0.3, -0.25) is 9.42 Å². The number of nitrogens with zero attached hydrogens (tertiary/aromatic N) is 2. The van der Waals surface area contributed by atoms with Gasteiger partial charge in [-0.05, 0) is 43.7 Å². The van der Waals surface area contributed by atoms with Crippen molar-refractivity contribution in [1.29, 1.82) is 0 Å². The lowest BCUT2D eigenvalue weighted by molar-refractivity contribution is -0.303. The summed E-state index contributed by atoms with van der Waals surface area (Å²) >= 11 is 0. The van der Waals surface area contributed by atoms with E-state index in [2.05, 4.69) is 5.10 Å². The molecule has 2 aromatic rings. The molecule has 1 aromatic heterocycles. The predicted octanol–water partition coefficient (Wildman–Crippen LogP) is 3.80. The fourth-order valence-electron chi connectivity index (χ4n) is 3.46. The molecule has 0 amide bonds. The van der Waals surface area contributed by atoms with Crippen molar-refractivity contribution < 1.29 is 37.6 Å². The molecule has 10 heteroatoms. The number of hydrogen-bond donors (Lipinski definition) is 2. The summed E-state index contributed by atoms with van der Waals surface area (Å²) < 4.78 is 58.3. The van der Waals surface area contributed by atoms with Gasteiger partial charge in [0.2, 0.25) is 5.88 Å². The fraction of sp³-hybridized carbons (Fsp3) is 0.591. The second kappa shape index (κ2) is 10.2. The van der Waals surface area contributed by atoms with Crippen molar-refractivity contribution in [3.8, 4) is 5.88 Å². The minimum atomic E-state index is -4.67. The maximum Gasteiger partial charge on any atom is 0.433 e. The zero-order valence-electron chi connectivity index (χ0n) is 18.3. The number of halogens is 3. The number of alkyl halides is 3. The van der Waals surface area contributed by atoms with Gasteiger partial charge in [0.15, 0.2) is 6.29 Å². The first-order chi connectivity index (χ1) is 15.1. The van der Waals surface area contributed by atoms with E-state index < -0.39 is 30.7 Å². The SMILES string of the molecule is CCc1ccc(Cc2c(OC(O)OC(O)C(C)OC)nn(C3CCC3)c2C(F)(F)F)cc1. The van der Waals surface area contributed by atoms with Gasteiger partial charge in [-0.15, -0.1) is 5.10 Å². The Kier molecular flexibility index (Phi) is 7.81. The number of rotatable bonds is 10. The molecule has 1 aliphatic rings. The van der Waals surface area contributed by atoms with Gasteiger partial charge in [-0.1, -0.05) is 31.2 Å². The van der Waals surface area contributed by atoms with Crippen molar-refractivity contribution in [3.05, 3.63) is 46.6 Å². The zero-order valence-corrected chi connectivity index (χ0v) is 18.3. The van der Waals surface area contributed by atoms with E-state index in [1.165, 1.54) is 14.0 Å². The average Bonchev–Trinajstić information content (AvgIpc) is 3.03. The molecule has 1 fully saturated rings. The highest BCUT2D eigenvalue weighted by molar-refractivity contribution is 5.39. The van der Waals surface area contributed by atoms with Gasteiger partial charge in [0.25, 0.3) is 0 Å². The quantitative estimate of drug-likeness (QED) is 0.527. The Morgan fingerprint density at radius 2 is 1.78 bits per heavy atom. The van der Waals surface area contributed by atoms with Crippen molar-refractivity contribution in [3.63, 3.8) is 0 Å². The van der Waals surface area contributed by atoms with Crippen LogP contribution in [0.2, 0.25) is 0 Å². The average molecular weight is 458 g/mol. The van der Waals surface area contributed by atoms with Crippen molar-refractivity contribution in [2.24, 2.45) is 0 Å². The molecule has 0 bridgehead atoms. The van der Waals surface area contributed by atoms with Crippen LogP contribution in [-0.4, -0.2) is 46.0 Å². The largest absolute Gasteiger partial charge is 0.433 e. The van der Waals surface area contributed by atoms with E-state index in [0.29, 0.717) is 18.4 Å². The number of aromatic nitrogens is 2. The minimum Gasteiger partial charge on any atom is -0.422 e. The third-order valence-electron chi connectivity index (χ3n) is 5.71. The van der Waals surface area contributed by atoms with Crippen LogP contribution in [0.15, 0.2) is 24.3 Å². The summed E-state index contributed by atoms with van der Waals surface area (Å²) in [6.45, 7) is 1.45. The maximum atomic E-state index is 14.1. The number of aliphatic hydroxyl groups is 2. The summed E-state index contributed by atoms with van der Waals surface area (Å²) in [6, 6.07) is 6.86. The lowest BCUT2D eigenvalue weighted by atomic mass is 9.93. The molecule has 1 saturated carbocycles. The summed E-state index contributed by atoms with van der Waals surface area (Å²) in [5.41, 5.74) is 0.631. The number of methoxy groups -OCH3 is 1. The molecule has 1 aromatic carbocycles. The lowest BCUT2D eigenvalue weighted by Gasteiger charge is -2.28. The molecule has 0 spiro atoms. The standard InChI is InChI=1S/C22H29F3N2O5/c1-4-14-8-10-15(11-9-14)12-17-18(22(23,24)25)27(16-6-5-7-16)26-19(17)31-21(29)32-20(28)13(2)30-3/h8-11,13,16,20-21,28-29H,4-7,12H2,1-3H3. The molecule has 1 aliphatic carbocycles. The van der Waals surface area contributed by atoms with Gasteiger partial charge in [-0.25, -0.2) is 0 Å². The smallest absolute Gasteiger partial charge is 0.422 e. The Bertz CT molecular complexity index is 881. The van der Waals surface area contributed by atoms with Crippen LogP contribution >= 0.6 is 0 Å². The Morgan fingerprint density at radius 1 is 1.16 bits per heavy atom. The highest BCUT2D eigenvalue weighted by atomic mass is 19.4. The van der Waals surface area contributed by atoms with E-state index in [4.69, 9.17) is 14.2 Å². The molecule has 0 aliphatic heterocycles. The van der Waals surface area contributed by atoms with Crippen molar-refractivity contribution in [2.45, 2.75) is 77.0 Å².